The molecule has 24 heavy (non-hydrogen) atoms. The van der Waals surface area contributed by atoms with Gasteiger partial charge in [-0.05, 0) is 39.3 Å². The minimum Gasteiger partial charge on any atom is -0.444 e. The lowest BCUT2D eigenvalue weighted by Crippen LogP contribution is -2.32. The largest absolute Gasteiger partial charge is 0.444 e. The van der Waals surface area contributed by atoms with Crippen LogP contribution in [0.15, 0.2) is 18.2 Å². The van der Waals surface area contributed by atoms with Gasteiger partial charge in [0.05, 0.1) is 5.56 Å². The molecule has 0 bridgehead atoms. The van der Waals surface area contributed by atoms with Crippen molar-refractivity contribution in [2.45, 2.75) is 39.0 Å². The lowest BCUT2D eigenvalue weighted by atomic mass is 10.1. The molecular weight excluding hydrogens is 366 g/mol. The first kappa shape index (κ1) is 20.6. The molecule has 0 fully saturated rings. The van der Waals surface area contributed by atoms with E-state index in [2.05, 4.69) is 5.32 Å². The number of carbonyl (C=O) groups is 1. The fourth-order valence-corrected chi connectivity index (χ4v) is 2.29. The maximum Gasteiger partial charge on any atom is 0.416 e. The van der Waals surface area contributed by atoms with Gasteiger partial charge in [0.1, 0.15) is 5.60 Å². The van der Waals surface area contributed by atoms with Crippen LogP contribution in [-0.2, 0) is 10.9 Å². The molecule has 0 radical (unpaired) electrons. The van der Waals surface area contributed by atoms with E-state index in [1.807, 2.05) is 0 Å². The Balaban J connectivity index is 2.61. The van der Waals surface area contributed by atoms with Crippen LogP contribution in [0, 0.1) is 0 Å². The highest BCUT2D eigenvalue weighted by atomic mass is 35.5. The summed E-state index contributed by atoms with van der Waals surface area (Å²) in [5, 5.41) is 2.37. The Morgan fingerprint density at radius 3 is 2.21 bits per heavy atom. The molecule has 134 valence electrons. The van der Waals surface area contributed by atoms with Crippen molar-refractivity contribution in [3.8, 4) is 0 Å². The van der Waals surface area contributed by atoms with Crippen LogP contribution in [0.4, 0.5) is 18.0 Å². The average Bonchev–Trinajstić information content (AvgIpc) is 2.37. The van der Waals surface area contributed by atoms with Gasteiger partial charge in [0.2, 0.25) is 0 Å². The van der Waals surface area contributed by atoms with Crippen LogP contribution in [0.25, 0.3) is 6.08 Å². The molecule has 0 aliphatic rings. The number of hydrogen-bond donors (Lipinski definition) is 1. The minimum absolute atomic E-state index is 0.0915. The van der Waals surface area contributed by atoms with Crippen molar-refractivity contribution in [1.82, 2.24) is 5.32 Å². The van der Waals surface area contributed by atoms with E-state index in [1.165, 1.54) is 6.08 Å². The van der Waals surface area contributed by atoms with Gasteiger partial charge in [-0.15, -0.1) is 0 Å². The SMILES string of the molecule is CC(C)(C)OC(=O)NCCC=Cc1c(Cl)cc(C(F)(F)F)cc1Cl. The molecule has 1 aromatic rings. The van der Waals surface area contributed by atoms with Crippen LogP contribution >= 0.6 is 23.2 Å². The molecule has 0 atom stereocenters. The molecule has 0 saturated carbocycles. The van der Waals surface area contributed by atoms with Crippen LogP contribution in [-0.4, -0.2) is 18.2 Å². The summed E-state index contributed by atoms with van der Waals surface area (Å²) in [6, 6.07) is 1.65. The number of amides is 1. The lowest BCUT2D eigenvalue weighted by Gasteiger charge is -2.19. The van der Waals surface area contributed by atoms with Crippen molar-refractivity contribution in [2.24, 2.45) is 0 Å². The zero-order chi connectivity index (χ0) is 18.5. The molecule has 1 aromatic carbocycles. The first-order valence-corrected chi connectivity index (χ1v) is 7.85. The second-order valence-electron chi connectivity index (χ2n) is 5.97. The number of benzene rings is 1. The second-order valence-corrected chi connectivity index (χ2v) is 6.79. The van der Waals surface area contributed by atoms with Crippen molar-refractivity contribution in [1.29, 1.82) is 0 Å². The lowest BCUT2D eigenvalue weighted by molar-refractivity contribution is -0.137. The topological polar surface area (TPSA) is 38.3 Å². The van der Waals surface area contributed by atoms with Gasteiger partial charge in [0.15, 0.2) is 0 Å². The van der Waals surface area contributed by atoms with Gasteiger partial charge in [-0.3, -0.25) is 0 Å². The molecule has 1 amide bonds. The smallest absolute Gasteiger partial charge is 0.416 e. The Labute approximate surface area is 148 Å². The fourth-order valence-electron chi connectivity index (χ4n) is 1.68. The van der Waals surface area contributed by atoms with Crippen LogP contribution in [0.2, 0.25) is 10.0 Å². The molecule has 0 saturated heterocycles. The van der Waals surface area contributed by atoms with E-state index in [1.54, 1.807) is 26.8 Å². The average molecular weight is 384 g/mol. The Kier molecular flexibility index (Phi) is 6.98. The number of nitrogens with one attached hydrogen (secondary N) is 1. The van der Waals surface area contributed by atoms with Gasteiger partial charge in [-0.1, -0.05) is 35.4 Å². The number of hydrogen-bond acceptors (Lipinski definition) is 2. The number of ether oxygens (including phenoxy) is 1. The monoisotopic (exact) mass is 383 g/mol. The molecule has 1 rings (SSSR count). The summed E-state index contributed by atoms with van der Waals surface area (Å²) >= 11 is 11.7. The van der Waals surface area contributed by atoms with Gasteiger partial charge in [0, 0.05) is 22.2 Å². The number of alkyl halides is 3. The van der Waals surface area contributed by atoms with E-state index in [-0.39, 0.29) is 10.0 Å². The zero-order valence-corrected chi connectivity index (χ0v) is 14.9. The number of halogens is 5. The highest BCUT2D eigenvalue weighted by Gasteiger charge is 2.31. The molecule has 1 N–H and O–H groups in total. The molecule has 0 aliphatic carbocycles. The molecule has 0 spiro atoms. The summed E-state index contributed by atoms with van der Waals surface area (Å²) in [7, 11) is 0. The molecule has 3 nitrogen and oxygen atoms in total. The van der Waals surface area contributed by atoms with Crippen molar-refractivity contribution in [2.75, 3.05) is 6.54 Å². The summed E-state index contributed by atoms with van der Waals surface area (Å²) in [6.07, 6.45) is -1.44. The summed E-state index contributed by atoms with van der Waals surface area (Å²) in [5.74, 6) is 0. The zero-order valence-electron chi connectivity index (χ0n) is 13.4. The number of carbonyl (C=O) groups excluding carboxylic acids is 1. The highest BCUT2D eigenvalue weighted by Crippen LogP contribution is 2.36. The summed E-state index contributed by atoms with van der Waals surface area (Å²) in [5.41, 5.74) is -1.19. The molecule has 0 unspecified atom stereocenters. The van der Waals surface area contributed by atoms with Gasteiger partial charge >= 0.3 is 12.3 Å². The normalized spacial score (nSPS) is 12.5. The summed E-state index contributed by atoms with van der Waals surface area (Å²) in [4.78, 5) is 11.4. The first-order chi connectivity index (χ1) is 10.9. The van der Waals surface area contributed by atoms with Crippen molar-refractivity contribution >= 4 is 35.4 Å². The van der Waals surface area contributed by atoms with Gasteiger partial charge in [-0.25, -0.2) is 4.79 Å². The van der Waals surface area contributed by atoms with E-state index in [0.717, 1.165) is 12.1 Å². The van der Waals surface area contributed by atoms with Crippen LogP contribution < -0.4 is 5.32 Å². The third kappa shape index (κ3) is 7.01. The van der Waals surface area contributed by atoms with Crippen LogP contribution in [0.1, 0.15) is 38.3 Å². The Hall–Kier alpha value is -1.40. The van der Waals surface area contributed by atoms with Crippen LogP contribution in [0.3, 0.4) is 0 Å². The Morgan fingerprint density at radius 2 is 1.75 bits per heavy atom. The van der Waals surface area contributed by atoms with Crippen molar-refractivity contribution in [3.05, 3.63) is 39.4 Å². The van der Waals surface area contributed by atoms with Crippen LogP contribution in [0.5, 0.6) is 0 Å². The highest BCUT2D eigenvalue weighted by molar-refractivity contribution is 6.37. The maximum absolute atomic E-state index is 12.6. The van der Waals surface area contributed by atoms with E-state index >= 15 is 0 Å². The summed E-state index contributed by atoms with van der Waals surface area (Å²) in [6.45, 7) is 5.56. The van der Waals surface area contributed by atoms with Crippen molar-refractivity contribution in [3.63, 3.8) is 0 Å². The Morgan fingerprint density at radius 1 is 1.21 bits per heavy atom. The predicted molar refractivity (Wildman–Crippen MR) is 89.4 cm³/mol. The van der Waals surface area contributed by atoms with Gasteiger partial charge in [-0.2, -0.15) is 13.2 Å². The molecular formula is C16H18Cl2F3NO2. The standard InChI is InChI=1S/C16H18Cl2F3NO2/c1-15(2,3)24-14(23)22-7-5-4-6-11-12(17)8-10(9-13(11)18)16(19,20)21/h4,6,8-9H,5,7H2,1-3H3,(H,22,23). The molecule has 0 heterocycles. The molecule has 0 aromatic heterocycles. The number of alkyl carbamates (subject to hydrolysis) is 1. The number of rotatable bonds is 4. The van der Waals surface area contributed by atoms with E-state index < -0.39 is 23.4 Å². The minimum atomic E-state index is -4.51. The second kappa shape index (κ2) is 8.12. The third-order valence-electron chi connectivity index (χ3n) is 2.67. The van der Waals surface area contributed by atoms with E-state index in [9.17, 15) is 18.0 Å². The Bertz CT molecular complexity index is 600. The quantitative estimate of drug-likeness (QED) is 0.653. The van der Waals surface area contributed by atoms with Gasteiger partial charge in [0.25, 0.3) is 0 Å². The van der Waals surface area contributed by atoms with E-state index in [4.69, 9.17) is 27.9 Å². The molecule has 8 heteroatoms. The fraction of sp³-hybridized carbons (Fsp3) is 0.438. The van der Waals surface area contributed by atoms with Gasteiger partial charge < -0.3 is 10.1 Å². The predicted octanol–water partition coefficient (Wildman–Crippen LogP) is 5.94. The molecule has 0 aliphatic heterocycles. The third-order valence-corrected chi connectivity index (χ3v) is 3.30. The van der Waals surface area contributed by atoms with Crippen molar-refractivity contribution < 1.29 is 22.7 Å². The van der Waals surface area contributed by atoms with E-state index in [0.29, 0.717) is 18.5 Å². The first-order valence-electron chi connectivity index (χ1n) is 7.10. The summed E-state index contributed by atoms with van der Waals surface area (Å²) < 4.78 is 43.0. The maximum atomic E-state index is 12.6.